The molecule has 1 aliphatic carbocycles. The number of nitrogens with two attached hydrogens (primary N) is 1. The van der Waals surface area contributed by atoms with E-state index < -0.39 is 5.91 Å². The van der Waals surface area contributed by atoms with E-state index in [1.807, 2.05) is 0 Å². The lowest BCUT2D eigenvalue weighted by atomic mass is 9.98. The van der Waals surface area contributed by atoms with Gasteiger partial charge in [-0.1, -0.05) is 12.5 Å². The lowest BCUT2D eigenvalue weighted by Gasteiger charge is -2.21. The maximum atomic E-state index is 12.0. The first kappa shape index (κ1) is 14.4. The van der Waals surface area contributed by atoms with Crippen LogP contribution >= 0.6 is 0 Å². The molecule has 0 aliphatic heterocycles. The van der Waals surface area contributed by atoms with E-state index in [-0.39, 0.29) is 18.7 Å². The largest absolute Gasteiger partial charge is 0.484 e. The van der Waals surface area contributed by atoms with Crippen molar-refractivity contribution in [2.24, 2.45) is 5.73 Å². The average molecular weight is 277 g/mol. The van der Waals surface area contributed by atoms with Crippen LogP contribution in [0.2, 0.25) is 0 Å². The van der Waals surface area contributed by atoms with Crippen LogP contribution in [0.1, 0.15) is 42.5 Å². The fourth-order valence-corrected chi connectivity index (χ4v) is 2.27. The molecule has 2 rings (SSSR count). The Morgan fingerprint density at radius 2 is 1.95 bits per heavy atom. The fraction of sp³-hybridized carbons (Fsp3) is 0.467. The second-order valence-electron chi connectivity index (χ2n) is 4.95. The van der Waals surface area contributed by atoms with Crippen molar-refractivity contribution in [1.29, 1.82) is 0 Å². The monoisotopic (exact) mass is 277 g/mol. The molecule has 20 heavy (non-hydrogen) atoms. The van der Waals surface area contributed by atoms with Gasteiger partial charge in [0.1, 0.15) is 11.9 Å². The molecule has 0 saturated heterocycles. The van der Waals surface area contributed by atoms with Gasteiger partial charge in [-0.2, -0.15) is 0 Å². The molecule has 0 unspecified atom stereocenters. The van der Waals surface area contributed by atoms with Gasteiger partial charge in [0, 0.05) is 0 Å². The zero-order valence-electron chi connectivity index (χ0n) is 11.3. The second kappa shape index (κ2) is 6.93. The summed E-state index contributed by atoms with van der Waals surface area (Å²) in [4.78, 5) is 22.7. The number of ether oxygens (including phenoxy) is 2. The van der Waals surface area contributed by atoms with Crippen molar-refractivity contribution in [3.05, 3.63) is 29.8 Å². The van der Waals surface area contributed by atoms with Gasteiger partial charge in [0.05, 0.1) is 5.56 Å². The third kappa shape index (κ3) is 4.26. The smallest absolute Gasteiger partial charge is 0.338 e. The Labute approximate surface area is 118 Å². The Balaban J connectivity index is 1.94. The molecule has 1 aromatic carbocycles. The Kier molecular flexibility index (Phi) is 4.98. The van der Waals surface area contributed by atoms with Crippen LogP contribution in [0.25, 0.3) is 0 Å². The van der Waals surface area contributed by atoms with Crippen LogP contribution in [0.15, 0.2) is 24.3 Å². The van der Waals surface area contributed by atoms with Crippen LogP contribution in [0, 0.1) is 0 Å². The predicted molar refractivity (Wildman–Crippen MR) is 73.4 cm³/mol. The van der Waals surface area contributed by atoms with Crippen LogP contribution in [0.4, 0.5) is 0 Å². The molecule has 0 heterocycles. The van der Waals surface area contributed by atoms with E-state index in [2.05, 4.69) is 0 Å². The summed E-state index contributed by atoms with van der Waals surface area (Å²) in [7, 11) is 0. The highest BCUT2D eigenvalue weighted by Gasteiger charge is 2.19. The molecule has 5 heteroatoms. The standard InChI is InChI=1S/C15H19NO4/c16-14(17)10-19-13-8-4-5-11(9-13)15(18)20-12-6-2-1-3-7-12/h4-5,8-9,12H,1-3,6-7,10H2,(H2,16,17). The van der Waals surface area contributed by atoms with Crippen LogP contribution in [-0.2, 0) is 9.53 Å². The number of benzene rings is 1. The van der Waals surface area contributed by atoms with Crippen LogP contribution < -0.4 is 10.5 Å². The van der Waals surface area contributed by atoms with E-state index in [0.29, 0.717) is 11.3 Å². The Bertz CT molecular complexity index is 481. The molecule has 1 aliphatic rings. The van der Waals surface area contributed by atoms with E-state index >= 15 is 0 Å². The maximum absolute atomic E-state index is 12.0. The van der Waals surface area contributed by atoms with Gasteiger partial charge in [-0.3, -0.25) is 4.79 Å². The normalized spacial score (nSPS) is 15.6. The lowest BCUT2D eigenvalue weighted by molar-refractivity contribution is -0.119. The van der Waals surface area contributed by atoms with Crippen molar-refractivity contribution in [3.8, 4) is 5.75 Å². The Morgan fingerprint density at radius 1 is 1.20 bits per heavy atom. The Morgan fingerprint density at radius 3 is 2.65 bits per heavy atom. The van der Waals surface area contributed by atoms with E-state index in [1.165, 1.54) is 6.42 Å². The first-order chi connectivity index (χ1) is 9.65. The summed E-state index contributed by atoms with van der Waals surface area (Å²) in [6, 6.07) is 6.59. The number of carbonyl (C=O) groups excluding carboxylic acids is 2. The topological polar surface area (TPSA) is 78.6 Å². The minimum absolute atomic E-state index is 0.0199. The molecular weight excluding hydrogens is 258 g/mol. The summed E-state index contributed by atoms with van der Waals surface area (Å²) < 4.78 is 10.6. The highest BCUT2D eigenvalue weighted by molar-refractivity contribution is 5.90. The highest BCUT2D eigenvalue weighted by Crippen LogP contribution is 2.22. The summed E-state index contributed by atoms with van der Waals surface area (Å²) in [6.45, 7) is -0.207. The summed E-state index contributed by atoms with van der Waals surface area (Å²) in [5.41, 5.74) is 5.43. The molecule has 5 nitrogen and oxygen atoms in total. The molecule has 0 spiro atoms. The zero-order chi connectivity index (χ0) is 14.4. The first-order valence-electron chi connectivity index (χ1n) is 6.87. The van der Waals surface area contributed by atoms with Gasteiger partial charge >= 0.3 is 5.97 Å². The summed E-state index contributed by atoms with van der Waals surface area (Å²) in [6.07, 6.45) is 5.32. The van der Waals surface area contributed by atoms with E-state index in [0.717, 1.165) is 25.7 Å². The van der Waals surface area contributed by atoms with Crippen LogP contribution in [0.5, 0.6) is 5.75 Å². The van der Waals surface area contributed by atoms with E-state index in [4.69, 9.17) is 15.2 Å². The number of hydrogen-bond acceptors (Lipinski definition) is 4. The van der Waals surface area contributed by atoms with Crippen molar-refractivity contribution >= 4 is 11.9 Å². The molecule has 0 aromatic heterocycles. The van der Waals surface area contributed by atoms with Crippen molar-refractivity contribution < 1.29 is 19.1 Å². The summed E-state index contributed by atoms with van der Waals surface area (Å²) in [5, 5.41) is 0. The molecule has 1 amide bonds. The summed E-state index contributed by atoms with van der Waals surface area (Å²) in [5.74, 6) is -0.469. The molecule has 1 saturated carbocycles. The van der Waals surface area contributed by atoms with Gasteiger partial charge in [-0.05, 0) is 43.9 Å². The lowest BCUT2D eigenvalue weighted by Crippen LogP contribution is -2.21. The van der Waals surface area contributed by atoms with Gasteiger partial charge in [0.25, 0.3) is 5.91 Å². The second-order valence-corrected chi connectivity index (χ2v) is 4.95. The molecule has 0 radical (unpaired) electrons. The minimum Gasteiger partial charge on any atom is -0.484 e. The number of hydrogen-bond donors (Lipinski definition) is 1. The quantitative estimate of drug-likeness (QED) is 0.835. The van der Waals surface area contributed by atoms with Crippen molar-refractivity contribution in [2.45, 2.75) is 38.2 Å². The number of primary amides is 1. The summed E-state index contributed by atoms with van der Waals surface area (Å²) >= 11 is 0. The molecular formula is C15H19NO4. The first-order valence-corrected chi connectivity index (χ1v) is 6.87. The van der Waals surface area contributed by atoms with Crippen molar-refractivity contribution in [3.63, 3.8) is 0 Å². The number of carbonyl (C=O) groups is 2. The molecule has 2 N–H and O–H groups in total. The van der Waals surface area contributed by atoms with Crippen molar-refractivity contribution in [2.75, 3.05) is 6.61 Å². The SMILES string of the molecule is NC(=O)COc1cccc(C(=O)OC2CCCCC2)c1. The number of esters is 1. The van der Waals surface area contributed by atoms with Gasteiger partial charge in [-0.25, -0.2) is 4.79 Å². The zero-order valence-corrected chi connectivity index (χ0v) is 11.3. The maximum Gasteiger partial charge on any atom is 0.338 e. The van der Waals surface area contributed by atoms with Gasteiger partial charge < -0.3 is 15.2 Å². The number of rotatable bonds is 5. The van der Waals surface area contributed by atoms with Crippen LogP contribution in [-0.4, -0.2) is 24.6 Å². The van der Waals surface area contributed by atoms with E-state index in [9.17, 15) is 9.59 Å². The third-order valence-corrected chi connectivity index (χ3v) is 3.28. The average Bonchev–Trinajstić information content (AvgIpc) is 2.46. The van der Waals surface area contributed by atoms with Gasteiger partial charge in [0.2, 0.25) is 0 Å². The van der Waals surface area contributed by atoms with Gasteiger partial charge in [0.15, 0.2) is 6.61 Å². The highest BCUT2D eigenvalue weighted by atomic mass is 16.5. The predicted octanol–water partition coefficient (Wildman–Crippen LogP) is 2.04. The molecule has 108 valence electrons. The molecule has 1 fully saturated rings. The van der Waals surface area contributed by atoms with E-state index in [1.54, 1.807) is 24.3 Å². The Hall–Kier alpha value is -2.04. The molecule has 0 atom stereocenters. The minimum atomic E-state index is -0.555. The molecule has 0 bridgehead atoms. The fourth-order valence-electron chi connectivity index (χ4n) is 2.27. The number of amides is 1. The molecule has 1 aromatic rings. The van der Waals surface area contributed by atoms with Gasteiger partial charge in [-0.15, -0.1) is 0 Å². The van der Waals surface area contributed by atoms with Crippen LogP contribution in [0.3, 0.4) is 0 Å². The third-order valence-electron chi connectivity index (χ3n) is 3.28. The van der Waals surface area contributed by atoms with Crippen molar-refractivity contribution in [1.82, 2.24) is 0 Å².